The molecule has 2 aromatic rings. The van der Waals surface area contributed by atoms with Gasteiger partial charge < -0.3 is 9.73 Å². The summed E-state index contributed by atoms with van der Waals surface area (Å²) in [6.45, 7) is 4.72. The maximum atomic E-state index is 12.1. The highest BCUT2D eigenvalue weighted by Crippen LogP contribution is 2.15. The second-order valence-electron chi connectivity index (χ2n) is 6.01. The summed E-state index contributed by atoms with van der Waals surface area (Å²) in [7, 11) is 0. The Kier molecular flexibility index (Phi) is 6.39. The van der Waals surface area contributed by atoms with Gasteiger partial charge in [-0.1, -0.05) is 51.2 Å². The van der Waals surface area contributed by atoms with Gasteiger partial charge in [0.2, 0.25) is 0 Å². The molecule has 0 aliphatic carbocycles. The number of unbranched alkanes of at least 4 members (excludes halogenated alkanes) is 5. The molecule has 0 fully saturated rings. The summed E-state index contributed by atoms with van der Waals surface area (Å²) in [6, 6.07) is 7.20. The highest BCUT2D eigenvalue weighted by Gasteiger charge is 2.13. The summed E-state index contributed by atoms with van der Waals surface area (Å²) < 4.78 is 5.25. The predicted molar refractivity (Wildman–Crippen MR) is 92.9 cm³/mol. The van der Waals surface area contributed by atoms with Crippen LogP contribution in [0.15, 0.2) is 33.5 Å². The number of hydrogen-bond donors (Lipinski definition) is 1. The minimum absolute atomic E-state index is 0.0762. The maximum absolute atomic E-state index is 12.1. The lowest BCUT2D eigenvalue weighted by atomic mass is 10.1. The Morgan fingerprint density at radius 3 is 2.61 bits per heavy atom. The number of carbonyl (C=O) groups excluding carboxylic acids is 1. The van der Waals surface area contributed by atoms with E-state index in [4.69, 9.17) is 4.42 Å². The molecule has 1 amide bonds. The second-order valence-corrected chi connectivity index (χ2v) is 6.01. The van der Waals surface area contributed by atoms with Gasteiger partial charge in [0.25, 0.3) is 5.91 Å². The van der Waals surface area contributed by atoms with Crippen LogP contribution in [0.3, 0.4) is 0 Å². The Balaban J connectivity index is 1.92. The van der Waals surface area contributed by atoms with Crippen LogP contribution in [0, 0.1) is 6.92 Å². The quantitative estimate of drug-likeness (QED) is 0.587. The van der Waals surface area contributed by atoms with Gasteiger partial charge in [-0.3, -0.25) is 4.79 Å². The van der Waals surface area contributed by atoms with E-state index in [2.05, 4.69) is 12.2 Å². The Morgan fingerprint density at radius 2 is 1.83 bits per heavy atom. The first-order valence-electron chi connectivity index (χ1n) is 8.44. The third kappa shape index (κ3) is 4.95. The average molecular weight is 315 g/mol. The van der Waals surface area contributed by atoms with Crippen LogP contribution in [0.4, 0.5) is 0 Å². The fraction of sp³-hybridized carbons (Fsp3) is 0.474. The molecular weight excluding hydrogens is 290 g/mol. The molecule has 1 aromatic carbocycles. The Labute approximate surface area is 136 Å². The number of fused-ring (bicyclic) bond motifs is 1. The Bertz CT molecular complexity index is 718. The molecule has 124 valence electrons. The zero-order valence-electron chi connectivity index (χ0n) is 14.0. The molecule has 0 aliphatic rings. The molecule has 0 saturated carbocycles. The summed E-state index contributed by atoms with van der Waals surface area (Å²) in [5.74, 6) is -0.352. The number of hydrogen-bond acceptors (Lipinski definition) is 3. The number of benzene rings is 1. The van der Waals surface area contributed by atoms with Gasteiger partial charge in [0, 0.05) is 11.9 Å². The SMILES string of the molecule is CCCCCCCCNC(=O)c1cc2ccc(C)cc2oc1=O. The van der Waals surface area contributed by atoms with Crippen LogP contribution in [0.25, 0.3) is 11.0 Å². The molecule has 1 aromatic heterocycles. The summed E-state index contributed by atoms with van der Waals surface area (Å²) in [5.41, 5.74) is 1.03. The first-order valence-corrected chi connectivity index (χ1v) is 8.44. The minimum Gasteiger partial charge on any atom is -0.422 e. The van der Waals surface area contributed by atoms with Crippen molar-refractivity contribution in [1.82, 2.24) is 5.32 Å². The van der Waals surface area contributed by atoms with Crippen LogP contribution in [0.1, 0.15) is 61.4 Å². The zero-order valence-corrected chi connectivity index (χ0v) is 14.0. The molecule has 2 rings (SSSR count). The van der Waals surface area contributed by atoms with E-state index < -0.39 is 5.63 Å². The first kappa shape index (κ1) is 17.3. The molecule has 0 aliphatic heterocycles. The lowest BCUT2D eigenvalue weighted by Crippen LogP contribution is -2.29. The molecular formula is C19H25NO3. The highest BCUT2D eigenvalue weighted by atomic mass is 16.4. The van der Waals surface area contributed by atoms with Gasteiger partial charge in [0.1, 0.15) is 11.1 Å². The fourth-order valence-electron chi connectivity index (χ4n) is 2.58. The highest BCUT2D eigenvalue weighted by molar-refractivity contribution is 5.96. The van der Waals surface area contributed by atoms with Gasteiger partial charge in [-0.15, -0.1) is 0 Å². The van der Waals surface area contributed by atoms with Crippen molar-refractivity contribution >= 4 is 16.9 Å². The number of carbonyl (C=O) groups is 1. The third-order valence-corrected chi connectivity index (χ3v) is 3.95. The molecule has 1 N–H and O–H groups in total. The lowest BCUT2D eigenvalue weighted by Gasteiger charge is -2.05. The number of amides is 1. The van der Waals surface area contributed by atoms with E-state index in [1.807, 2.05) is 19.1 Å². The van der Waals surface area contributed by atoms with Crippen molar-refractivity contribution in [2.24, 2.45) is 0 Å². The summed E-state index contributed by atoms with van der Waals surface area (Å²) in [5, 5.41) is 3.57. The van der Waals surface area contributed by atoms with Crippen molar-refractivity contribution < 1.29 is 9.21 Å². The molecule has 0 bridgehead atoms. The standard InChI is InChI=1S/C19H25NO3/c1-3-4-5-6-7-8-11-20-18(21)16-13-15-10-9-14(2)12-17(15)23-19(16)22/h9-10,12-13H,3-8,11H2,1-2H3,(H,20,21). The lowest BCUT2D eigenvalue weighted by molar-refractivity contribution is 0.0949. The molecule has 0 saturated heterocycles. The second kappa shape index (κ2) is 8.51. The smallest absolute Gasteiger partial charge is 0.349 e. The van der Waals surface area contributed by atoms with E-state index in [1.54, 1.807) is 12.1 Å². The molecule has 1 heterocycles. The number of rotatable bonds is 8. The van der Waals surface area contributed by atoms with Gasteiger partial charge in [0.15, 0.2) is 0 Å². The van der Waals surface area contributed by atoms with Gasteiger partial charge in [-0.25, -0.2) is 4.79 Å². The summed E-state index contributed by atoms with van der Waals surface area (Å²) in [4.78, 5) is 24.1. The molecule has 0 unspecified atom stereocenters. The van der Waals surface area contributed by atoms with Gasteiger partial charge >= 0.3 is 5.63 Å². The van der Waals surface area contributed by atoms with Crippen molar-refractivity contribution in [2.75, 3.05) is 6.54 Å². The fourth-order valence-corrected chi connectivity index (χ4v) is 2.58. The molecule has 0 radical (unpaired) electrons. The maximum Gasteiger partial charge on any atom is 0.349 e. The molecule has 4 heteroatoms. The molecule has 23 heavy (non-hydrogen) atoms. The van der Waals surface area contributed by atoms with Crippen molar-refractivity contribution in [3.8, 4) is 0 Å². The molecule has 4 nitrogen and oxygen atoms in total. The van der Waals surface area contributed by atoms with Crippen molar-refractivity contribution in [3.05, 3.63) is 45.8 Å². The number of nitrogens with one attached hydrogen (secondary N) is 1. The van der Waals surface area contributed by atoms with Gasteiger partial charge in [0.05, 0.1) is 0 Å². The summed E-state index contributed by atoms with van der Waals surface area (Å²) in [6.07, 6.45) is 6.98. The monoisotopic (exact) mass is 315 g/mol. The van der Waals surface area contributed by atoms with Crippen LogP contribution >= 0.6 is 0 Å². The van der Waals surface area contributed by atoms with Crippen LogP contribution < -0.4 is 10.9 Å². The van der Waals surface area contributed by atoms with E-state index >= 15 is 0 Å². The topological polar surface area (TPSA) is 59.3 Å². The average Bonchev–Trinajstić information content (AvgIpc) is 2.53. The largest absolute Gasteiger partial charge is 0.422 e. The van der Waals surface area contributed by atoms with E-state index in [0.29, 0.717) is 12.1 Å². The van der Waals surface area contributed by atoms with E-state index in [9.17, 15) is 9.59 Å². The zero-order chi connectivity index (χ0) is 16.7. The molecule has 0 spiro atoms. The normalized spacial score (nSPS) is 10.9. The van der Waals surface area contributed by atoms with Crippen molar-refractivity contribution in [2.45, 2.75) is 52.4 Å². The summed E-state index contributed by atoms with van der Waals surface area (Å²) >= 11 is 0. The van der Waals surface area contributed by atoms with Crippen LogP contribution in [-0.2, 0) is 0 Å². The van der Waals surface area contributed by atoms with Crippen molar-refractivity contribution in [3.63, 3.8) is 0 Å². The third-order valence-electron chi connectivity index (χ3n) is 3.95. The number of aryl methyl sites for hydroxylation is 1. The van der Waals surface area contributed by atoms with Crippen LogP contribution in [0.2, 0.25) is 0 Å². The first-order chi connectivity index (χ1) is 11.1. The molecule has 0 atom stereocenters. The predicted octanol–water partition coefficient (Wildman–Crippen LogP) is 4.19. The Morgan fingerprint density at radius 1 is 1.09 bits per heavy atom. The van der Waals surface area contributed by atoms with Gasteiger partial charge in [-0.05, 0) is 31.0 Å². The van der Waals surface area contributed by atoms with E-state index in [0.717, 1.165) is 23.8 Å². The minimum atomic E-state index is -0.580. The van der Waals surface area contributed by atoms with Crippen LogP contribution in [0.5, 0.6) is 0 Å². The Hall–Kier alpha value is -2.10. The van der Waals surface area contributed by atoms with Crippen LogP contribution in [-0.4, -0.2) is 12.5 Å². The van der Waals surface area contributed by atoms with Gasteiger partial charge in [-0.2, -0.15) is 0 Å². The van der Waals surface area contributed by atoms with Crippen molar-refractivity contribution in [1.29, 1.82) is 0 Å². The van der Waals surface area contributed by atoms with E-state index in [1.165, 1.54) is 25.7 Å². The van der Waals surface area contributed by atoms with E-state index in [-0.39, 0.29) is 11.5 Å².